The van der Waals surface area contributed by atoms with Crippen LogP contribution in [0.15, 0.2) is 48.0 Å². The normalized spacial score (nSPS) is 17.4. The summed E-state index contributed by atoms with van der Waals surface area (Å²) in [7, 11) is 0. The average Bonchev–Trinajstić information content (AvgIpc) is 3.35. The molecule has 0 unspecified atom stereocenters. The van der Waals surface area contributed by atoms with Crippen molar-refractivity contribution in [2.75, 3.05) is 13.1 Å². The number of hydrogen-bond acceptors (Lipinski definition) is 4. The van der Waals surface area contributed by atoms with Crippen molar-refractivity contribution >= 4 is 17.2 Å². The molecule has 0 saturated carbocycles. The van der Waals surface area contributed by atoms with Gasteiger partial charge in [-0.25, -0.2) is 4.68 Å². The van der Waals surface area contributed by atoms with E-state index in [2.05, 4.69) is 10.3 Å². The van der Waals surface area contributed by atoms with E-state index in [0.717, 1.165) is 34.7 Å². The Labute approximate surface area is 144 Å². The lowest BCUT2D eigenvalue weighted by Gasteiger charge is -2.15. The second-order valence-electron chi connectivity index (χ2n) is 6.13. The Kier molecular flexibility index (Phi) is 3.90. The SMILES string of the molecule is Cc1csc(C(=O)N2CC[C@@H](n3cc(-c4ccccc4)nn3)C2)c1. The molecule has 1 amide bonds. The van der Waals surface area contributed by atoms with E-state index in [-0.39, 0.29) is 11.9 Å². The maximum absolute atomic E-state index is 12.6. The summed E-state index contributed by atoms with van der Waals surface area (Å²) in [4.78, 5) is 15.3. The van der Waals surface area contributed by atoms with Crippen LogP contribution in [0.2, 0.25) is 0 Å². The molecule has 1 aliphatic rings. The molecule has 2 aromatic heterocycles. The summed E-state index contributed by atoms with van der Waals surface area (Å²) in [5, 5.41) is 10.6. The fourth-order valence-electron chi connectivity index (χ4n) is 3.04. The van der Waals surface area contributed by atoms with Gasteiger partial charge in [0.25, 0.3) is 5.91 Å². The Bertz CT molecular complexity index is 855. The molecule has 0 bridgehead atoms. The van der Waals surface area contributed by atoms with Crippen LogP contribution in [0.1, 0.15) is 27.7 Å². The first-order valence-electron chi connectivity index (χ1n) is 8.02. The van der Waals surface area contributed by atoms with Crippen molar-refractivity contribution in [3.8, 4) is 11.3 Å². The van der Waals surface area contributed by atoms with Crippen molar-refractivity contribution < 1.29 is 4.79 Å². The quantitative estimate of drug-likeness (QED) is 0.735. The monoisotopic (exact) mass is 338 g/mol. The first kappa shape index (κ1) is 15.1. The predicted molar refractivity (Wildman–Crippen MR) is 94.1 cm³/mol. The minimum Gasteiger partial charge on any atom is -0.336 e. The van der Waals surface area contributed by atoms with E-state index in [9.17, 15) is 4.79 Å². The molecule has 0 N–H and O–H groups in total. The topological polar surface area (TPSA) is 51.0 Å². The average molecular weight is 338 g/mol. The van der Waals surface area contributed by atoms with Gasteiger partial charge >= 0.3 is 0 Å². The highest BCUT2D eigenvalue weighted by molar-refractivity contribution is 7.12. The molecule has 1 aliphatic heterocycles. The summed E-state index contributed by atoms with van der Waals surface area (Å²) in [6.45, 7) is 3.47. The predicted octanol–water partition coefficient (Wildman–Crippen LogP) is 3.40. The van der Waals surface area contributed by atoms with Crippen molar-refractivity contribution in [3.63, 3.8) is 0 Å². The number of amides is 1. The van der Waals surface area contributed by atoms with Crippen molar-refractivity contribution in [1.82, 2.24) is 19.9 Å². The lowest BCUT2D eigenvalue weighted by Crippen LogP contribution is -2.28. The highest BCUT2D eigenvalue weighted by Gasteiger charge is 2.29. The van der Waals surface area contributed by atoms with Crippen molar-refractivity contribution in [2.45, 2.75) is 19.4 Å². The van der Waals surface area contributed by atoms with Crippen LogP contribution in [0.4, 0.5) is 0 Å². The Morgan fingerprint density at radius 3 is 2.88 bits per heavy atom. The summed E-state index contributed by atoms with van der Waals surface area (Å²) < 4.78 is 1.90. The van der Waals surface area contributed by atoms with Gasteiger partial charge in [0, 0.05) is 18.7 Å². The molecule has 1 fully saturated rings. The number of carbonyl (C=O) groups excluding carboxylic acids is 1. The third-order valence-electron chi connectivity index (χ3n) is 4.35. The Morgan fingerprint density at radius 1 is 1.29 bits per heavy atom. The van der Waals surface area contributed by atoms with E-state index in [1.807, 2.05) is 64.5 Å². The molecule has 1 saturated heterocycles. The smallest absolute Gasteiger partial charge is 0.264 e. The van der Waals surface area contributed by atoms with Gasteiger partial charge in [0.05, 0.1) is 17.1 Å². The van der Waals surface area contributed by atoms with Crippen molar-refractivity contribution in [2.24, 2.45) is 0 Å². The highest BCUT2D eigenvalue weighted by atomic mass is 32.1. The van der Waals surface area contributed by atoms with Crippen LogP contribution in [0, 0.1) is 6.92 Å². The van der Waals surface area contributed by atoms with Crippen LogP contribution in [-0.2, 0) is 0 Å². The molecule has 24 heavy (non-hydrogen) atoms. The lowest BCUT2D eigenvalue weighted by molar-refractivity contribution is 0.0791. The zero-order valence-corrected chi connectivity index (χ0v) is 14.2. The van der Waals surface area contributed by atoms with Crippen LogP contribution in [0.5, 0.6) is 0 Å². The standard InChI is InChI=1S/C18H18N4OS/c1-13-9-17(24-12-13)18(23)21-8-7-15(10-21)22-11-16(19-20-22)14-5-3-2-4-6-14/h2-6,9,11-12,15H,7-8,10H2,1H3/t15-/m1/s1. The largest absolute Gasteiger partial charge is 0.336 e. The summed E-state index contributed by atoms with van der Waals surface area (Å²) >= 11 is 1.52. The minimum absolute atomic E-state index is 0.124. The van der Waals surface area contributed by atoms with Gasteiger partial charge in [-0.15, -0.1) is 16.4 Å². The van der Waals surface area contributed by atoms with Crippen LogP contribution in [-0.4, -0.2) is 38.9 Å². The zero-order chi connectivity index (χ0) is 16.5. The van der Waals surface area contributed by atoms with Gasteiger partial charge in [-0.3, -0.25) is 4.79 Å². The Morgan fingerprint density at radius 2 is 2.12 bits per heavy atom. The van der Waals surface area contributed by atoms with Crippen LogP contribution in [0.25, 0.3) is 11.3 Å². The summed E-state index contributed by atoms with van der Waals surface area (Å²) in [6, 6.07) is 12.2. The van der Waals surface area contributed by atoms with Gasteiger partial charge in [-0.2, -0.15) is 0 Å². The molecule has 6 heteroatoms. The number of aromatic nitrogens is 3. The maximum atomic E-state index is 12.6. The van der Waals surface area contributed by atoms with Crippen LogP contribution < -0.4 is 0 Å². The van der Waals surface area contributed by atoms with E-state index in [1.165, 1.54) is 11.3 Å². The molecule has 4 rings (SSSR count). The number of aryl methyl sites for hydroxylation is 1. The van der Waals surface area contributed by atoms with E-state index < -0.39 is 0 Å². The fourth-order valence-corrected chi connectivity index (χ4v) is 3.90. The summed E-state index contributed by atoms with van der Waals surface area (Å²) in [5.74, 6) is 0.124. The second kappa shape index (κ2) is 6.20. The molecule has 1 aromatic carbocycles. The van der Waals surface area contributed by atoms with Gasteiger partial charge < -0.3 is 4.90 Å². The van der Waals surface area contributed by atoms with Gasteiger partial charge in [-0.1, -0.05) is 35.5 Å². The number of nitrogens with zero attached hydrogens (tertiary/aromatic N) is 4. The highest BCUT2D eigenvalue weighted by Crippen LogP contribution is 2.26. The molecule has 0 spiro atoms. The summed E-state index contributed by atoms with van der Waals surface area (Å²) in [5.41, 5.74) is 3.07. The number of hydrogen-bond donors (Lipinski definition) is 0. The number of likely N-dealkylation sites (tertiary alicyclic amines) is 1. The van der Waals surface area contributed by atoms with Gasteiger partial charge in [0.15, 0.2) is 0 Å². The third kappa shape index (κ3) is 2.85. The molecule has 122 valence electrons. The van der Waals surface area contributed by atoms with Gasteiger partial charge in [0.2, 0.25) is 0 Å². The molecule has 0 aliphatic carbocycles. The first-order chi connectivity index (χ1) is 11.7. The Hall–Kier alpha value is -2.47. The lowest BCUT2D eigenvalue weighted by atomic mass is 10.2. The minimum atomic E-state index is 0.124. The van der Waals surface area contributed by atoms with Gasteiger partial charge in [0.1, 0.15) is 5.69 Å². The van der Waals surface area contributed by atoms with Crippen LogP contribution in [0.3, 0.4) is 0 Å². The van der Waals surface area contributed by atoms with E-state index in [0.29, 0.717) is 6.54 Å². The number of benzene rings is 1. The van der Waals surface area contributed by atoms with Crippen molar-refractivity contribution in [1.29, 1.82) is 0 Å². The van der Waals surface area contributed by atoms with Gasteiger partial charge in [-0.05, 0) is 30.4 Å². The maximum Gasteiger partial charge on any atom is 0.264 e. The number of carbonyl (C=O) groups is 1. The van der Waals surface area contributed by atoms with Crippen LogP contribution >= 0.6 is 11.3 Å². The zero-order valence-electron chi connectivity index (χ0n) is 13.4. The Balaban J connectivity index is 1.47. The van der Waals surface area contributed by atoms with E-state index >= 15 is 0 Å². The molecule has 1 atom stereocenters. The van der Waals surface area contributed by atoms with Crippen molar-refractivity contribution in [3.05, 3.63) is 58.4 Å². The molecular weight excluding hydrogens is 320 g/mol. The first-order valence-corrected chi connectivity index (χ1v) is 8.90. The summed E-state index contributed by atoms with van der Waals surface area (Å²) in [6.07, 6.45) is 2.89. The number of thiophene rings is 1. The van der Waals surface area contributed by atoms with E-state index in [4.69, 9.17) is 0 Å². The molecule has 3 heterocycles. The second-order valence-corrected chi connectivity index (χ2v) is 7.04. The third-order valence-corrected chi connectivity index (χ3v) is 5.38. The molecule has 5 nitrogen and oxygen atoms in total. The fraction of sp³-hybridized carbons (Fsp3) is 0.278. The molecule has 3 aromatic rings. The van der Waals surface area contributed by atoms with E-state index in [1.54, 1.807) is 0 Å². The molecule has 0 radical (unpaired) electrons. The number of rotatable bonds is 3. The molecular formula is C18H18N4OS.